The van der Waals surface area contributed by atoms with Gasteiger partial charge in [-0.2, -0.15) is 0 Å². The van der Waals surface area contributed by atoms with Crippen molar-refractivity contribution in [3.8, 4) is 0 Å². The van der Waals surface area contributed by atoms with E-state index in [9.17, 15) is 0 Å². The zero-order chi connectivity index (χ0) is 11.4. The third kappa shape index (κ3) is 3.42. The smallest absolute Gasteiger partial charge is 0.0693 e. The summed E-state index contributed by atoms with van der Waals surface area (Å²) < 4.78 is 0. The number of hydrogen-bond donors (Lipinski definition) is 1. The van der Waals surface area contributed by atoms with Crippen molar-refractivity contribution in [3.05, 3.63) is 40.4 Å². The molecule has 0 bridgehead atoms. The first-order valence-electron chi connectivity index (χ1n) is 4.57. The van der Waals surface area contributed by atoms with Crippen molar-refractivity contribution in [2.75, 3.05) is 19.3 Å². The molecule has 1 aromatic rings. The molecule has 2 N–H and O–H groups in total. The maximum Gasteiger partial charge on any atom is 0.0693 e. The summed E-state index contributed by atoms with van der Waals surface area (Å²) >= 11 is 11.9. The van der Waals surface area contributed by atoms with Crippen LogP contribution in [0.2, 0.25) is 10.0 Å². The monoisotopic (exact) mass is 244 g/mol. The van der Waals surface area contributed by atoms with E-state index in [-0.39, 0.29) is 0 Å². The predicted molar refractivity (Wildman–Crippen MR) is 67.4 cm³/mol. The van der Waals surface area contributed by atoms with E-state index in [4.69, 9.17) is 28.9 Å². The molecule has 0 aliphatic carbocycles. The molecule has 1 rings (SSSR count). The molecule has 0 heterocycles. The van der Waals surface area contributed by atoms with E-state index in [0.717, 1.165) is 18.7 Å². The molecule has 1 aromatic carbocycles. The van der Waals surface area contributed by atoms with Crippen LogP contribution >= 0.6 is 23.2 Å². The average Bonchev–Trinajstić information content (AvgIpc) is 2.14. The Morgan fingerprint density at radius 2 is 1.93 bits per heavy atom. The van der Waals surface area contributed by atoms with Crippen molar-refractivity contribution in [3.63, 3.8) is 0 Å². The Morgan fingerprint density at radius 1 is 1.40 bits per heavy atom. The lowest BCUT2D eigenvalue weighted by molar-refractivity contribution is 0.364. The van der Waals surface area contributed by atoms with Gasteiger partial charge in [0, 0.05) is 13.1 Å². The summed E-state index contributed by atoms with van der Waals surface area (Å²) in [5, 5.41) is 1.01. The highest BCUT2D eigenvalue weighted by Gasteiger charge is 2.06. The second-order valence-corrected chi connectivity index (χ2v) is 4.27. The SMILES string of the molecule is C=CCN(C)Cc1cc(Cl)c(N)c(Cl)c1. The molecule has 4 heteroatoms. The molecule has 0 saturated carbocycles. The van der Waals surface area contributed by atoms with Crippen LogP contribution in [0.5, 0.6) is 0 Å². The van der Waals surface area contributed by atoms with E-state index >= 15 is 0 Å². The summed E-state index contributed by atoms with van der Waals surface area (Å²) in [6.45, 7) is 5.27. The zero-order valence-electron chi connectivity index (χ0n) is 8.63. The summed E-state index contributed by atoms with van der Waals surface area (Å²) in [4.78, 5) is 2.10. The highest BCUT2D eigenvalue weighted by atomic mass is 35.5. The topological polar surface area (TPSA) is 29.3 Å². The van der Waals surface area contributed by atoms with Gasteiger partial charge in [-0.1, -0.05) is 29.3 Å². The Bertz CT molecular complexity index is 341. The van der Waals surface area contributed by atoms with Gasteiger partial charge in [0.15, 0.2) is 0 Å². The van der Waals surface area contributed by atoms with Crippen LogP contribution in [0, 0.1) is 0 Å². The van der Waals surface area contributed by atoms with Crippen LogP contribution in [-0.4, -0.2) is 18.5 Å². The van der Waals surface area contributed by atoms with Crippen LogP contribution in [0.3, 0.4) is 0 Å². The van der Waals surface area contributed by atoms with E-state index in [1.165, 1.54) is 0 Å². The number of rotatable bonds is 4. The molecule has 0 aliphatic rings. The minimum absolute atomic E-state index is 0.438. The molecule has 0 atom stereocenters. The van der Waals surface area contributed by atoms with Gasteiger partial charge in [-0.25, -0.2) is 0 Å². The van der Waals surface area contributed by atoms with E-state index in [0.29, 0.717) is 15.7 Å². The molecule has 82 valence electrons. The highest BCUT2D eigenvalue weighted by Crippen LogP contribution is 2.29. The number of benzene rings is 1. The van der Waals surface area contributed by atoms with Crippen LogP contribution in [0.4, 0.5) is 5.69 Å². The molecule has 0 radical (unpaired) electrons. The molecule has 0 amide bonds. The maximum absolute atomic E-state index is 5.93. The Labute approximate surface area is 100 Å². The Morgan fingerprint density at radius 3 is 2.40 bits per heavy atom. The van der Waals surface area contributed by atoms with Crippen LogP contribution in [0.1, 0.15) is 5.56 Å². The fourth-order valence-corrected chi connectivity index (χ4v) is 1.86. The van der Waals surface area contributed by atoms with Gasteiger partial charge in [0.25, 0.3) is 0 Å². The minimum atomic E-state index is 0.438. The van der Waals surface area contributed by atoms with Crippen molar-refractivity contribution in [1.29, 1.82) is 0 Å². The fraction of sp³-hybridized carbons (Fsp3) is 0.273. The number of likely N-dealkylation sites (N-methyl/N-ethyl adjacent to an activating group) is 1. The van der Waals surface area contributed by atoms with Gasteiger partial charge in [0.1, 0.15) is 0 Å². The summed E-state index contributed by atoms with van der Waals surface area (Å²) in [5.74, 6) is 0. The third-order valence-electron chi connectivity index (χ3n) is 2.03. The molecule has 0 spiro atoms. The van der Waals surface area contributed by atoms with Gasteiger partial charge < -0.3 is 5.73 Å². The Kier molecular flexibility index (Phi) is 4.45. The van der Waals surface area contributed by atoms with Gasteiger partial charge in [-0.15, -0.1) is 6.58 Å². The van der Waals surface area contributed by atoms with Crippen LogP contribution in [0.15, 0.2) is 24.8 Å². The Hall–Kier alpha value is -0.700. The van der Waals surface area contributed by atoms with Crippen LogP contribution in [0.25, 0.3) is 0 Å². The lowest BCUT2D eigenvalue weighted by Crippen LogP contribution is -2.17. The van der Waals surface area contributed by atoms with Gasteiger partial charge in [-0.3, -0.25) is 4.90 Å². The second-order valence-electron chi connectivity index (χ2n) is 3.46. The number of anilines is 1. The van der Waals surface area contributed by atoms with Gasteiger partial charge in [0.05, 0.1) is 15.7 Å². The van der Waals surface area contributed by atoms with Crippen molar-refractivity contribution < 1.29 is 0 Å². The summed E-state index contributed by atoms with van der Waals surface area (Å²) in [7, 11) is 2.00. The first kappa shape index (κ1) is 12.4. The molecule has 2 nitrogen and oxygen atoms in total. The van der Waals surface area contributed by atoms with Gasteiger partial charge in [-0.05, 0) is 24.7 Å². The molecule has 0 aromatic heterocycles. The fourth-order valence-electron chi connectivity index (χ4n) is 1.32. The van der Waals surface area contributed by atoms with Crippen molar-refractivity contribution in [1.82, 2.24) is 4.90 Å². The van der Waals surface area contributed by atoms with Crippen LogP contribution in [-0.2, 0) is 6.54 Å². The normalized spacial score (nSPS) is 10.7. The molecular formula is C11H14Cl2N2. The quantitative estimate of drug-likeness (QED) is 0.652. The lowest BCUT2D eigenvalue weighted by atomic mass is 10.2. The van der Waals surface area contributed by atoms with Gasteiger partial charge >= 0.3 is 0 Å². The predicted octanol–water partition coefficient (Wildman–Crippen LogP) is 3.19. The molecule has 0 fully saturated rings. The molecule has 15 heavy (non-hydrogen) atoms. The largest absolute Gasteiger partial charge is 0.396 e. The van der Waals surface area contributed by atoms with E-state index in [1.54, 1.807) is 0 Å². The van der Waals surface area contributed by atoms with E-state index < -0.39 is 0 Å². The maximum atomic E-state index is 5.93. The van der Waals surface area contributed by atoms with Crippen molar-refractivity contribution >= 4 is 28.9 Å². The van der Waals surface area contributed by atoms with Crippen molar-refractivity contribution in [2.45, 2.75) is 6.54 Å². The third-order valence-corrected chi connectivity index (χ3v) is 2.66. The Balaban J connectivity index is 2.82. The highest BCUT2D eigenvalue weighted by molar-refractivity contribution is 6.38. The summed E-state index contributed by atoms with van der Waals surface area (Å²) in [6.07, 6.45) is 1.85. The van der Waals surface area contributed by atoms with E-state index in [2.05, 4.69) is 11.5 Å². The zero-order valence-corrected chi connectivity index (χ0v) is 10.1. The molecular weight excluding hydrogens is 231 g/mol. The first-order valence-corrected chi connectivity index (χ1v) is 5.33. The summed E-state index contributed by atoms with van der Waals surface area (Å²) in [5.41, 5.74) is 7.13. The first-order chi connectivity index (χ1) is 7.04. The number of nitrogens with zero attached hydrogens (tertiary/aromatic N) is 1. The molecule has 0 aliphatic heterocycles. The second kappa shape index (κ2) is 5.40. The number of halogens is 2. The number of nitrogens with two attached hydrogens (primary N) is 1. The summed E-state index contributed by atoms with van der Waals surface area (Å²) in [6, 6.07) is 3.67. The van der Waals surface area contributed by atoms with Crippen LogP contribution < -0.4 is 5.73 Å². The van der Waals surface area contributed by atoms with E-state index in [1.807, 2.05) is 25.3 Å². The lowest BCUT2D eigenvalue weighted by Gasteiger charge is -2.15. The minimum Gasteiger partial charge on any atom is -0.396 e. The van der Waals surface area contributed by atoms with Gasteiger partial charge in [0.2, 0.25) is 0 Å². The number of hydrogen-bond acceptors (Lipinski definition) is 2. The molecule has 0 saturated heterocycles. The van der Waals surface area contributed by atoms with Crippen molar-refractivity contribution in [2.24, 2.45) is 0 Å². The average molecular weight is 245 g/mol. The standard InChI is InChI=1S/C11H14Cl2N2/c1-3-4-15(2)7-8-5-9(12)11(14)10(13)6-8/h3,5-6H,1,4,7,14H2,2H3. The number of nitrogen functional groups attached to an aromatic ring is 1. The molecule has 0 unspecified atom stereocenters.